The fraction of sp³-hybridized carbons (Fsp3) is 0.556. The molecule has 1 aromatic rings. The van der Waals surface area contributed by atoms with E-state index in [0.717, 1.165) is 6.71 Å². The fourth-order valence-corrected chi connectivity index (χ4v) is 6.35. The molecule has 1 aromatic carbocycles. The zero-order chi connectivity index (χ0) is 14.8. The summed E-state index contributed by atoms with van der Waals surface area (Å²) in [6.07, 6.45) is 7.87. The molecule has 0 aromatic heterocycles. The number of hydrogen-bond donors (Lipinski definition) is 0. The number of rotatable bonds is 9. The van der Waals surface area contributed by atoms with Crippen LogP contribution in [0.25, 0.3) is 0 Å². The van der Waals surface area contributed by atoms with Crippen LogP contribution in [-0.2, 0) is 0 Å². The first-order chi connectivity index (χ1) is 9.76. The van der Waals surface area contributed by atoms with Crippen LogP contribution in [0.2, 0.25) is 12.6 Å². The minimum atomic E-state index is -0.168. The van der Waals surface area contributed by atoms with Gasteiger partial charge in [0, 0.05) is 0 Å². The fourth-order valence-electron chi connectivity index (χ4n) is 2.74. The van der Waals surface area contributed by atoms with Crippen molar-refractivity contribution in [3.05, 3.63) is 39.4 Å². The molecule has 0 aliphatic rings. The summed E-state index contributed by atoms with van der Waals surface area (Å²) in [6, 6.07) is 11.2. The first-order valence-corrected chi connectivity index (χ1v) is 10.5. The molecule has 0 N–H and O–H groups in total. The van der Waals surface area contributed by atoms with E-state index in [0.29, 0.717) is 0 Å². The summed E-state index contributed by atoms with van der Waals surface area (Å²) in [4.78, 5) is 0. The van der Waals surface area contributed by atoms with Gasteiger partial charge in [-0.1, -0.05) is 0 Å². The second-order valence-corrected chi connectivity index (χ2v) is 8.67. The van der Waals surface area contributed by atoms with Crippen LogP contribution in [0.3, 0.4) is 0 Å². The van der Waals surface area contributed by atoms with Crippen molar-refractivity contribution in [2.45, 2.75) is 66.0 Å². The molecule has 0 saturated heterocycles. The van der Waals surface area contributed by atoms with Gasteiger partial charge in [-0.3, -0.25) is 0 Å². The van der Waals surface area contributed by atoms with Crippen LogP contribution in [0.15, 0.2) is 39.4 Å². The Morgan fingerprint density at radius 3 is 2.15 bits per heavy atom. The Kier molecular flexibility index (Phi) is 9.40. The molecule has 0 heterocycles. The molecule has 0 bridgehead atoms. The van der Waals surface area contributed by atoms with Crippen LogP contribution in [0, 0.1) is 0 Å². The molecular weight excluding hydrogens is 355 g/mol. The van der Waals surface area contributed by atoms with E-state index in [1.165, 1.54) is 38.3 Å². The van der Waals surface area contributed by atoms with Crippen LogP contribution >= 0.6 is 0 Å². The molecule has 0 fully saturated rings. The number of benzene rings is 1. The summed E-state index contributed by atoms with van der Waals surface area (Å²) in [5.41, 5.74) is 1.80. The predicted molar refractivity (Wildman–Crippen MR) is 95.4 cm³/mol. The molecule has 0 aliphatic heterocycles. The Hall–Kier alpha value is -0.185. The Morgan fingerprint density at radius 1 is 1.00 bits per heavy atom. The van der Waals surface area contributed by atoms with Crippen molar-refractivity contribution in [2.75, 3.05) is 0 Å². The van der Waals surface area contributed by atoms with Gasteiger partial charge in [0.2, 0.25) is 0 Å². The van der Waals surface area contributed by atoms with E-state index in [1.807, 2.05) is 3.62 Å². The van der Waals surface area contributed by atoms with E-state index in [9.17, 15) is 0 Å². The summed E-state index contributed by atoms with van der Waals surface area (Å²) in [5, 5.41) is 0. The molecule has 110 valence electrons. The zero-order valence-electron chi connectivity index (χ0n) is 13.6. The van der Waals surface area contributed by atoms with Gasteiger partial charge < -0.3 is 0 Å². The van der Waals surface area contributed by atoms with E-state index in [4.69, 9.17) is 0 Å². The Morgan fingerprint density at radius 2 is 1.65 bits per heavy atom. The molecule has 0 atom stereocenters. The summed E-state index contributed by atoms with van der Waals surface area (Å²) >= 11 is -0.168. The molecule has 0 saturated carbocycles. The van der Waals surface area contributed by atoms with Crippen LogP contribution in [0.4, 0.5) is 0 Å². The quantitative estimate of drug-likeness (QED) is 0.530. The van der Waals surface area contributed by atoms with E-state index >= 15 is 0 Å². The van der Waals surface area contributed by atoms with Crippen molar-refractivity contribution in [3.63, 3.8) is 0 Å². The van der Waals surface area contributed by atoms with Crippen molar-refractivity contribution in [3.8, 4) is 0 Å². The van der Waals surface area contributed by atoms with Crippen molar-refractivity contribution >= 4 is 31.2 Å². The van der Waals surface area contributed by atoms with Gasteiger partial charge >= 0.3 is 137 Å². The molecule has 2 heteroatoms. The van der Waals surface area contributed by atoms with E-state index in [1.54, 1.807) is 9.08 Å². The van der Waals surface area contributed by atoms with Crippen molar-refractivity contribution in [2.24, 2.45) is 0 Å². The van der Waals surface area contributed by atoms with Crippen LogP contribution < -0.4 is 3.61 Å². The molecule has 0 spiro atoms. The Bertz CT molecular complexity index is 393. The average molecular weight is 384 g/mol. The van der Waals surface area contributed by atoms with E-state index in [2.05, 4.69) is 58.0 Å². The van der Waals surface area contributed by atoms with Crippen molar-refractivity contribution in [1.29, 1.82) is 0 Å². The molecule has 0 aliphatic carbocycles. The van der Waals surface area contributed by atoms with E-state index < -0.39 is 0 Å². The Balaban J connectivity index is 3.00. The predicted octanol–water partition coefficient (Wildman–Crippen LogP) is 4.94. The average Bonchev–Trinajstić information content (AvgIpc) is 2.50. The van der Waals surface area contributed by atoms with Gasteiger partial charge in [-0.2, -0.15) is 0 Å². The van der Waals surface area contributed by atoms with Crippen LogP contribution in [0.5, 0.6) is 0 Å². The van der Waals surface area contributed by atoms with Gasteiger partial charge in [-0.15, -0.1) is 0 Å². The van der Waals surface area contributed by atoms with Gasteiger partial charge in [0.15, 0.2) is 0 Å². The third-order valence-corrected chi connectivity index (χ3v) is 7.44. The van der Waals surface area contributed by atoms with Crippen molar-refractivity contribution in [1.82, 2.24) is 0 Å². The number of allylic oxidation sites excluding steroid dienone is 2. The molecule has 0 radical (unpaired) electrons. The SMILES string of the molecule is CCCC/C([Te]c1ccccc1)=C(\CC)B(CC)CC. The van der Waals surface area contributed by atoms with Gasteiger partial charge in [-0.05, 0) is 0 Å². The van der Waals surface area contributed by atoms with E-state index in [-0.39, 0.29) is 20.9 Å². The zero-order valence-corrected chi connectivity index (χ0v) is 15.9. The number of unbranched alkanes of at least 4 members (excludes halogenated alkanes) is 1. The maximum absolute atomic E-state index is 2.36. The standard InChI is InChI=1S/C18H29BTe/c1-5-9-15-18(17(6-2)19(7-3)8-4)20-16-13-11-10-12-14-16/h10-14H,5-9,15H2,1-4H3/b18-17-. The van der Waals surface area contributed by atoms with Gasteiger partial charge in [0.25, 0.3) is 0 Å². The summed E-state index contributed by atoms with van der Waals surface area (Å²) in [5.74, 6) is 0. The Labute approximate surface area is 136 Å². The van der Waals surface area contributed by atoms with Crippen molar-refractivity contribution < 1.29 is 0 Å². The number of hydrogen-bond acceptors (Lipinski definition) is 0. The second-order valence-electron chi connectivity index (χ2n) is 5.33. The molecule has 0 nitrogen and oxygen atoms in total. The molecular formula is C18H29BTe. The van der Waals surface area contributed by atoms with Crippen LogP contribution in [0.1, 0.15) is 53.4 Å². The van der Waals surface area contributed by atoms with Gasteiger partial charge in [0.1, 0.15) is 0 Å². The van der Waals surface area contributed by atoms with Gasteiger partial charge in [-0.25, -0.2) is 0 Å². The maximum atomic E-state index is 2.36. The molecule has 0 unspecified atom stereocenters. The van der Waals surface area contributed by atoms with Gasteiger partial charge in [0.05, 0.1) is 0 Å². The topological polar surface area (TPSA) is 0 Å². The summed E-state index contributed by atoms with van der Waals surface area (Å²) in [7, 11) is 0. The first-order valence-electron chi connectivity index (χ1n) is 8.21. The molecule has 1 rings (SSSR count). The summed E-state index contributed by atoms with van der Waals surface area (Å²) in [6.45, 7) is 10.2. The third-order valence-electron chi connectivity index (χ3n) is 3.96. The van der Waals surface area contributed by atoms with Crippen LogP contribution in [-0.4, -0.2) is 27.6 Å². The molecule has 0 amide bonds. The second kappa shape index (κ2) is 10.5. The third kappa shape index (κ3) is 5.67. The first kappa shape index (κ1) is 17.9. The normalized spacial score (nSPS) is 12.2. The summed E-state index contributed by atoms with van der Waals surface area (Å²) < 4.78 is 3.44. The monoisotopic (exact) mass is 386 g/mol. The molecule has 20 heavy (non-hydrogen) atoms. The minimum absolute atomic E-state index is 0.168.